The molecule has 0 amide bonds. The van der Waals surface area contributed by atoms with Crippen molar-refractivity contribution in [3.05, 3.63) is 12.2 Å². The van der Waals surface area contributed by atoms with Crippen molar-refractivity contribution in [3.63, 3.8) is 0 Å². The lowest BCUT2D eigenvalue weighted by Gasteiger charge is -2.12. The van der Waals surface area contributed by atoms with Crippen molar-refractivity contribution in [2.45, 2.75) is 19.4 Å². The van der Waals surface area contributed by atoms with Crippen molar-refractivity contribution >= 4 is 0 Å². The molecule has 17 heavy (non-hydrogen) atoms. The van der Waals surface area contributed by atoms with Gasteiger partial charge in [-0.05, 0) is 26.9 Å². The van der Waals surface area contributed by atoms with E-state index in [0.29, 0.717) is 19.8 Å². The molecule has 0 rings (SSSR count). The Labute approximate surface area is 104 Å². The third-order valence-corrected chi connectivity index (χ3v) is 1.85. The Kier molecular flexibility index (Phi) is 11.7. The molecular weight excluding hydrogens is 222 g/mol. The van der Waals surface area contributed by atoms with Crippen LogP contribution in [0.5, 0.6) is 0 Å². The average molecular weight is 247 g/mol. The summed E-state index contributed by atoms with van der Waals surface area (Å²) in [5.74, 6) is 0. The van der Waals surface area contributed by atoms with E-state index in [1.807, 2.05) is 14.0 Å². The van der Waals surface area contributed by atoms with Gasteiger partial charge in [-0.1, -0.05) is 12.2 Å². The lowest BCUT2D eigenvalue weighted by Crippen LogP contribution is -2.23. The summed E-state index contributed by atoms with van der Waals surface area (Å²) in [6.45, 7) is 8.31. The maximum atomic E-state index is 9.48. The molecular formula is C12H25NO4. The van der Waals surface area contributed by atoms with Crippen LogP contribution in [0.15, 0.2) is 12.2 Å². The molecule has 0 saturated heterocycles. The number of nitrogens with one attached hydrogen (secondary N) is 1. The summed E-state index contributed by atoms with van der Waals surface area (Å²) in [4.78, 5) is 0. The van der Waals surface area contributed by atoms with Crippen LogP contribution in [0.1, 0.15) is 13.3 Å². The largest absolute Gasteiger partial charge is 0.388 e. The Morgan fingerprint density at radius 3 is 2.65 bits per heavy atom. The van der Waals surface area contributed by atoms with Crippen LogP contribution in [0.4, 0.5) is 0 Å². The van der Waals surface area contributed by atoms with Gasteiger partial charge in [0.2, 0.25) is 0 Å². The highest BCUT2D eigenvalue weighted by atomic mass is 16.7. The second kappa shape index (κ2) is 12.0. The van der Waals surface area contributed by atoms with Crippen molar-refractivity contribution in [1.82, 2.24) is 5.32 Å². The zero-order valence-electron chi connectivity index (χ0n) is 10.9. The van der Waals surface area contributed by atoms with Gasteiger partial charge in [-0.3, -0.25) is 0 Å². The van der Waals surface area contributed by atoms with Crippen LogP contribution >= 0.6 is 0 Å². The molecule has 1 atom stereocenters. The lowest BCUT2D eigenvalue weighted by molar-refractivity contribution is -0.0867. The van der Waals surface area contributed by atoms with Crippen LogP contribution in [0.3, 0.4) is 0 Å². The minimum atomic E-state index is -0.599. The van der Waals surface area contributed by atoms with Crippen molar-refractivity contribution in [3.8, 4) is 0 Å². The number of hydrogen-bond acceptors (Lipinski definition) is 5. The fourth-order valence-electron chi connectivity index (χ4n) is 1.08. The molecule has 0 aromatic heterocycles. The maximum absolute atomic E-state index is 9.48. The van der Waals surface area contributed by atoms with Crippen LogP contribution < -0.4 is 5.32 Å². The zero-order valence-corrected chi connectivity index (χ0v) is 10.9. The van der Waals surface area contributed by atoms with Gasteiger partial charge in [-0.2, -0.15) is 0 Å². The van der Waals surface area contributed by atoms with Gasteiger partial charge in [0.15, 0.2) is 0 Å². The van der Waals surface area contributed by atoms with E-state index in [1.54, 1.807) is 0 Å². The Morgan fingerprint density at radius 1 is 1.29 bits per heavy atom. The molecule has 102 valence electrons. The lowest BCUT2D eigenvalue weighted by atomic mass is 10.4. The minimum Gasteiger partial charge on any atom is -0.388 e. The van der Waals surface area contributed by atoms with Crippen LogP contribution in [-0.4, -0.2) is 58.0 Å². The van der Waals surface area contributed by atoms with Gasteiger partial charge < -0.3 is 24.6 Å². The SMILES string of the molecule is C=C(C)COCOCC(O)COCCCNC. The molecule has 0 aliphatic heterocycles. The Bertz CT molecular complexity index is 187. The fraction of sp³-hybridized carbons (Fsp3) is 0.833. The highest BCUT2D eigenvalue weighted by Crippen LogP contribution is 1.92. The molecule has 0 aliphatic rings. The van der Waals surface area contributed by atoms with Gasteiger partial charge in [0.25, 0.3) is 0 Å². The van der Waals surface area contributed by atoms with E-state index in [-0.39, 0.29) is 13.4 Å². The molecule has 0 spiro atoms. The molecule has 1 unspecified atom stereocenters. The fourth-order valence-corrected chi connectivity index (χ4v) is 1.08. The zero-order chi connectivity index (χ0) is 12.9. The van der Waals surface area contributed by atoms with Crippen LogP contribution in [0.2, 0.25) is 0 Å². The quantitative estimate of drug-likeness (QED) is 0.299. The van der Waals surface area contributed by atoms with E-state index in [1.165, 1.54) is 0 Å². The first kappa shape index (κ1) is 16.5. The molecule has 5 nitrogen and oxygen atoms in total. The second-order valence-corrected chi connectivity index (χ2v) is 3.98. The van der Waals surface area contributed by atoms with E-state index < -0.39 is 6.10 Å². The standard InChI is InChI=1S/C12H25NO4/c1-11(2)7-16-10-17-9-12(14)8-15-6-4-5-13-3/h12-14H,1,4-10H2,2-3H3. The summed E-state index contributed by atoms with van der Waals surface area (Å²) in [6, 6.07) is 0. The van der Waals surface area contributed by atoms with Crippen LogP contribution in [-0.2, 0) is 14.2 Å². The van der Waals surface area contributed by atoms with Gasteiger partial charge in [-0.25, -0.2) is 0 Å². The Balaban J connectivity index is 3.17. The number of ether oxygens (including phenoxy) is 3. The van der Waals surface area contributed by atoms with Crippen molar-refractivity contribution in [2.75, 3.05) is 46.8 Å². The second-order valence-electron chi connectivity index (χ2n) is 3.98. The normalized spacial score (nSPS) is 12.6. The van der Waals surface area contributed by atoms with Crippen LogP contribution in [0, 0.1) is 0 Å². The molecule has 0 aromatic carbocycles. The van der Waals surface area contributed by atoms with E-state index >= 15 is 0 Å². The number of hydrogen-bond donors (Lipinski definition) is 2. The van der Waals surface area contributed by atoms with Crippen molar-refractivity contribution < 1.29 is 19.3 Å². The van der Waals surface area contributed by atoms with Gasteiger partial charge >= 0.3 is 0 Å². The number of rotatable bonds is 12. The number of aliphatic hydroxyl groups excluding tert-OH is 1. The molecule has 0 heterocycles. The topological polar surface area (TPSA) is 60.0 Å². The molecule has 0 aromatic rings. The van der Waals surface area contributed by atoms with Crippen molar-refractivity contribution in [2.24, 2.45) is 0 Å². The monoisotopic (exact) mass is 247 g/mol. The van der Waals surface area contributed by atoms with Crippen LogP contribution in [0.25, 0.3) is 0 Å². The van der Waals surface area contributed by atoms with E-state index in [0.717, 1.165) is 18.5 Å². The molecule has 0 fully saturated rings. The molecule has 0 bridgehead atoms. The van der Waals surface area contributed by atoms with Gasteiger partial charge in [0.1, 0.15) is 12.9 Å². The molecule has 0 radical (unpaired) electrons. The summed E-state index contributed by atoms with van der Waals surface area (Å²) in [5.41, 5.74) is 0.946. The summed E-state index contributed by atoms with van der Waals surface area (Å²) in [7, 11) is 1.90. The molecule has 0 saturated carbocycles. The summed E-state index contributed by atoms with van der Waals surface area (Å²) < 4.78 is 15.5. The van der Waals surface area contributed by atoms with Gasteiger partial charge in [-0.15, -0.1) is 0 Å². The third kappa shape index (κ3) is 13.5. The molecule has 5 heteroatoms. The maximum Gasteiger partial charge on any atom is 0.147 e. The minimum absolute atomic E-state index is 0.170. The predicted molar refractivity (Wildman–Crippen MR) is 67.0 cm³/mol. The highest BCUT2D eigenvalue weighted by Gasteiger charge is 2.04. The van der Waals surface area contributed by atoms with Gasteiger partial charge in [0.05, 0.1) is 19.8 Å². The Morgan fingerprint density at radius 2 is 2.00 bits per heavy atom. The first-order chi connectivity index (χ1) is 8.16. The summed E-state index contributed by atoms with van der Waals surface area (Å²) in [6.07, 6.45) is 0.337. The highest BCUT2D eigenvalue weighted by molar-refractivity contribution is 4.86. The first-order valence-corrected chi connectivity index (χ1v) is 5.87. The van der Waals surface area contributed by atoms with Gasteiger partial charge in [0, 0.05) is 6.61 Å². The number of aliphatic hydroxyl groups is 1. The summed E-state index contributed by atoms with van der Waals surface area (Å²) in [5, 5.41) is 12.5. The van der Waals surface area contributed by atoms with E-state index in [9.17, 15) is 5.11 Å². The average Bonchev–Trinajstić information content (AvgIpc) is 2.28. The van der Waals surface area contributed by atoms with E-state index in [2.05, 4.69) is 11.9 Å². The molecule has 2 N–H and O–H groups in total. The Hall–Kier alpha value is -0.460. The summed E-state index contributed by atoms with van der Waals surface area (Å²) >= 11 is 0. The third-order valence-electron chi connectivity index (χ3n) is 1.85. The van der Waals surface area contributed by atoms with Crippen molar-refractivity contribution in [1.29, 1.82) is 0 Å². The molecule has 0 aliphatic carbocycles. The predicted octanol–water partition coefficient (Wildman–Crippen LogP) is 0.540. The smallest absolute Gasteiger partial charge is 0.147 e. The van der Waals surface area contributed by atoms with E-state index in [4.69, 9.17) is 14.2 Å². The first-order valence-electron chi connectivity index (χ1n) is 5.87.